The monoisotopic (exact) mass is 182 g/mol. The number of aliphatic hydroxyl groups excluding tert-OH is 3. The van der Waals surface area contributed by atoms with Crippen molar-refractivity contribution in [1.82, 2.24) is 0 Å². The maximum absolute atomic E-state index is 9.17. The van der Waals surface area contributed by atoms with Crippen molar-refractivity contribution < 1.29 is 15.3 Å². The molecule has 70 valence electrons. The van der Waals surface area contributed by atoms with Crippen molar-refractivity contribution >= 4 is 6.60 Å². The summed E-state index contributed by atoms with van der Waals surface area (Å²) < 4.78 is 0. The first-order valence-corrected chi connectivity index (χ1v) is 7.11. The van der Waals surface area contributed by atoms with Crippen LogP contribution in [0.4, 0.5) is 0 Å². The van der Waals surface area contributed by atoms with Crippen molar-refractivity contribution in [3.05, 3.63) is 0 Å². The van der Waals surface area contributed by atoms with Gasteiger partial charge in [0.05, 0.1) is 0 Å². The van der Waals surface area contributed by atoms with Crippen LogP contribution in [0.1, 0.15) is 13.8 Å². The van der Waals surface area contributed by atoms with Gasteiger partial charge >= 0.3 is 67.1 Å². The molecule has 0 amide bonds. The Kier molecular flexibility index (Phi) is 3.92. The van der Waals surface area contributed by atoms with Crippen LogP contribution < -0.4 is 0 Å². The van der Waals surface area contributed by atoms with Gasteiger partial charge in [0.25, 0.3) is 0 Å². The molecule has 0 aromatic heterocycles. The normalized spacial score (nSPS) is 15.9. The van der Waals surface area contributed by atoms with Gasteiger partial charge in [-0.2, -0.15) is 0 Å². The first kappa shape index (κ1) is 11.3. The van der Waals surface area contributed by atoms with Gasteiger partial charge in [-0.05, 0) is 0 Å². The number of aliphatic hydroxyl groups is 3. The first-order chi connectivity index (χ1) is 5.12. The minimum atomic E-state index is -2.51. The van der Waals surface area contributed by atoms with Crippen LogP contribution in [0.2, 0.25) is 0 Å². The van der Waals surface area contributed by atoms with Gasteiger partial charge in [-0.1, -0.05) is 0 Å². The molecule has 0 aliphatic heterocycles. The molecule has 0 aliphatic rings. The first-order valence-electron chi connectivity index (χ1n) is 3.94. The molecule has 3 N–H and O–H groups in total. The van der Waals surface area contributed by atoms with Crippen LogP contribution in [0.3, 0.4) is 0 Å². The Balaban J connectivity index is 4.67. The average molecular weight is 182 g/mol. The van der Waals surface area contributed by atoms with E-state index in [1.807, 2.05) is 13.8 Å². The molecule has 0 atom stereocenters. The Morgan fingerprint density at radius 2 is 1.09 bits per heavy atom. The second-order valence-electron chi connectivity index (χ2n) is 3.29. The molecule has 0 aliphatic carbocycles. The van der Waals surface area contributed by atoms with E-state index in [2.05, 4.69) is 0 Å². The Hall–Kier alpha value is 0.310. The molecule has 0 bridgehead atoms. The molecule has 0 saturated heterocycles. The molecule has 0 rings (SSSR count). The molecule has 0 radical (unpaired) electrons. The van der Waals surface area contributed by atoms with Crippen molar-refractivity contribution in [2.45, 2.75) is 13.8 Å². The summed E-state index contributed by atoms with van der Waals surface area (Å²) in [5, 5.41) is 27.5. The Labute approximate surface area is 68.0 Å². The van der Waals surface area contributed by atoms with Crippen LogP contribution in [0.15, 0.2) is 0 Å². The summed E-state index contributed by atoms with van der Waals surface area (Å²) in [4.78, 5) is 0. The van der Waals surface area contributed by atoms with Crippen molar-refractivity contribution in [3.8, 4) is 0 Å². The molecule has 4 heteroatoms. The van der Waals surface area contributed by atoms with Gasteiger partial charge in [-0.3, -0.25) is 0 Å². The number of rotatable bonds is 5. The fraction of sp³-hybridized carbons (Fsp3) is 1.00. The zero-order valence-corrected chi connectivity index (χ0v) is 8.22. The van der Waals surface area contributed by atoms with Crippen molar-refractivity contribution in [2.75, 3.05) is 31.4 Å². The van der Waals surface area contributed by atoms with Gasteiger partial charge in [0.1, 0.15) is 0 Å². The SMILES string of the molecule is CCP(CC)(CO)(CO)CO. The summed E-state index contributed by atoms with van der Waals surface area (Å²) in [6.07, 6.45) is 1.32. The summed E-state index contributed by atoms with van der Waals surface area (Å²) in [6, 6.07) is 0. The van der Waals surface area contributed by atoms with Gasteiger partial charge < -0.3 is 0 Å². The minimum absolute atomic E-state index is 0.0361. The van der Waals surface area contributed by atoms with Crippen molar-refractivity contribution in [1.29, 1.82) is 0 Å². The molecule has 0 spiro atoms. The molecule has 3 nitrogen and oxygen atoms in total. The molecule has 0 heterocycles. The van der Waals surface area contributed by atoms with E-state index in [4.69, 9.17) is 15.3 Å². The van der Waals surface area contributed by atoms with Crippen LogP contribution >= 0.6 is 6.60 Å². The number of hydrogen-bond acceptors (Lipinski definition) is 3. The van der Waals surface area contributed by atoms with Crippen LogP contribution in [0.5, 0.6) is 0 Å². The van der Waals surface area contributed by atoms with E-state index in [0.717, 1.165) is 0 Å². The van der Waals surface area contributed by atoms with Gasteiger partial charge in [0.15, 0.2) is 0 Å². The standard InChI is InChI=1S/C7H19O3P/c1-3-11(4-2,5-8,6-9)7-10/h8-10H,3-7H2,1-2H3. The molecule has 11 heavy (non-hydrogen) atoms. The third kappa shape index (κ3) is 1.73. The molecule has 0 saturated carbocycles. The fourth-order valence-corrected chi connectivity index (χ4v) is 2.87. The molecular weight excluding hydrogens is 163 g/mol. The average Bonchev–Trinajstić information content (AvgIpc) is 2.12. The molecule has 0 unspecified atom stereocenters. The topological polar surface area (TPSA) is 60.7 Å². The predicted molar refractivity (Wildman–Crippen MR) is 49.3 cm³/mol. The zero-order chi connectivity index (χ0) is 8.98. The molecular formula is C7H19O3P. The second-order valence-corrected chi connectivity index (χ2v) is 9.88. The van der Waals surface area contributed by atoms with Crippen molar-refractivity contribution in [2.24, 2.45) is 0 Å². The van der Waals surface area contributed by atoms with Gasteiger partial charge in [0.2, 0.25) is 0 Å². The quantitative estimate of drug-likeness (QED) is 0.540. The fourth-order valence-electron chi connectivity index (χ4n) is 0.958. The summed E-state index contributed by atoms with van der Waals surface area (Å²) in [7, 11) is 0. The molecule has 0 fully saturated rings. The summed E-state index contributed by atoms with van der Waals surface area (Å²) in [5.74, 6) is 0. The van der Waals surface area contributed by atoms with Crippen LogP contribution in [-0.4, -0.2) is 46.7 Å². The summed E-state index contributed by atoms with van der Waals surface area (Å²) in [5.41, 5.74) is 0. The van der Waals surface area contributed by atoms with Crippen LogP contribution in [-0.2, 0) is 0 Å². The van der Waals surface area contributed by atoms with E-state index in [9.17, 15) is 0 Å². The van der Waals surface area contributed by atoms with E-state index in [1.165, 1.54) is 0 Å². The molecule has 0 aromatic carbocycles. The third-order valence-corrected chi connectivity index (χ3v) is 8.97. The van der Waals surface area contributed by atoms with Crippen molar-refractivity contribution in [3.63, 3.8) is 0 Å². The van der Waals surface area contributed by atoms with E-state index >= 15 is 0 Å². The second kappa shape index (κ2) is 3.81. The van der Waals surface area contributed by atoms with Crippen LogP contribution in [0, 0.1) is 0 Å². The van der Waals surface area contributed by atoms with Gasteiger partial charge in [-0.15, -0.1) is 0 Å². The van der Waals surface area contributed by atoms with E-state index < -0.39 is 6.60 Å². The van der Waals surface area contributed by atoms with Gasteiger partial charge in [-0.25, -0.2) is 0 Å². The van der Waals surface area contributed by atoms with E-state index in [-0.39, 0.29) is 19.0 Å². The Morgan fingerprint density at radius 1 is 0.818 bits per heavy atom. The molecule has 0 aromatic rings. The third-order valence-electron chi connectivity index (χ3n) is 2.99. The Morgan fingerprint density at radius 3 is 1.09 bits per heavy atom. The number of hydrogen-bond donors (Lipinski definition) is 3. The summed E-state index contributed by atoms with van der Waals surface area (Å²) >= 11 is 0. The predicted octanol–water partition coefficient (Wildman–Crippen LogP) is 0.429. The Bertz CT molecular complexity index is 86.0. The maximum atomic E-state index is 9.17. The zero-order valence-electron chi connectivity index (χ0n) is 7.32. The van der Waals surface area contributed by atoms with Crippen LogP contribution in [0.25, 0.3) is 0 Å². The van der Waals surface area contributed by atoms with E-state index in [0.29, 0.717) is 12.3 Å². The summed E-state index contributed by atoms with van der Waals surface area (Å²) in [6.45, 7) is 1.33. The van der Waals surface area contributed by atoms with Gasteiger partial charge in [0, 0.05) is 0 Å². The van der Waals surface area contributed by atoms with E-state index in [1.54, 1.807) is 0 Å².